The fourth-order valence-electron chi connectivity index (χ4n) is 1.33. The fraction of sp³-hybridized carbons (Fsp3) is 0.600. The van der Waals surface area contributed by atoms with Gasteiger partial charge in [-0.15, -0.1) is 0 Å². The maximum atomic E-state index is 5.49. The van der Waals surface area contributed by atoms with E-state index >= 15 is 0 Å². The molecular weight excluding hydrogens is 243 g/mol. The number of allylic oxidation sites excluding steroid dienone is 5. The molecule has 3 heteroatoms. The Hall–Kier alpha value is -0.430. The van der Waals surface area contributed by atoms with Gasteiger partial charge in [0.15, 0.2) is 8.38 Å². The third kappa shape index (κ3) is 10.7. The predicted octanol–water partition coefficient (Wildman–Crippen LogP) is 5.58. The summed E-state index contributed by atoms with van der Waals surface area (Å²) in [7, 11) is -0.852. The van der Waals surface area contributed by atoms with E-state index in [1.165, 1.54) is 11.1 Å². The summed E-state index contributed by atoms with van der Waals surface area (Å²) in [6.45, 7) is 11.8. The molecule has 0 aromatic rings. The van der Waals surface area contributed by atoms with Gasteiger partial charge in [-0.25, -0.2) is 0 Å². The summed E-state index contributed by atoms with van der Waals surface area (Å²) in [4.78, 5) is 0. The molecule has 0 fully saturated rings. The topological polar surface area (TPSA) is 18.5 Å². The monoisotopic (exact) mass is 270 g/mol. The molecule has 0 spiro atoms. The number of hydrogen-bond acceptors (Lipinski definition) is 2. The highest BCUT2D eigenvalue weighted by Gasteiger charge is 2.01. The van der Waals surface area contributed by atoms with Crippen molar-refractivity contribution in [2.75, 3.05) is 13.2 Å². The molecule has 0 radical (unpaired) electrons. The lowest BCUT2D eigenvalue weighted by molar-refractivity contribution is 0.276. The Morgan fingerprint density at radius 2 is 1.67 bits per heavy atom. The second-order valence-electron chi connectivity index (χ2n) is 4.30. The van der Waals surface area contributed by atoms with E-state index in [1.807, 2.05) is 19.7 Å². The first-order valence-corrected chi connectivity index (χ1v) is 7.87. The second kappa shape index (κ2) is 11.6. The second-order valence-corrected chi connectivity index (χ2v) is 5.68. The standard InChI is InChI=1S/C15H27O2P/c1-6-16-18(17-7-2)13-9-12-15(5)11-8-10-14(3)4/h9-10,12-13H,6-8,11H2,1-5H3/b13-9+,15-12+. The van der Waals surface area contributed by atoms with E-state index in [-0.39, 0.29) is 0 Å². The third-order valence-corrected chi connectivity index (χ3v) is 3.63. The molecule has 104 valence electrons. The van der Waals surface area contributed by atoms with Crippen LogP contribution in [0.5, 0.6) is 0 Å². The summed E-state index contributed by atoms with van der Waals surface area (Å²) in [5.74, 6) is 2.02. The molecule has 0 aromatic heterocycles. The highest BCUT2D eigenvalue weighted by atomic mass is 31.2. The van der Waals surface area contributed by atoms with Gasteiger partial charge in [-0.2, -0.15) is 0 Å². The molecule has 0 unspecified atom stereocenters. The van der Waals surface area contributed by atoms with Crippen LogP contribution in [-0.4, -0.2) is 13.2 Å². The first-order valence-electron chi connectivity index (χ1n) is 6.62. The van der Waals surface area contributed by atoms with Crippen LogP contribution in [-0.2, 0) is 9.05 Å². The van der Waals surface area contributed by atoms with Gasteiger partial charge in [-0.3, -0.25) is 0 Å². The molecule has 0 aromatic carbocycles. The molecule has 0 atom stereocenters. The minimum Gasteiger partial charge on any atom is -0.331 e. The summed E-state index contributed by atoms with van der Waals surface area (Å²) in [6, 6.07) is 0. The Kier molecular flexibility index (Phi) is 11.4. The molecule has 0 amide bonds. The molecule has 18 heavy (non-hydrogen) atoms. The quantitative estimate of drug-likeness (QED) is 0.309. The molecular formula is C15H27O2P. The minimum atomic E-state index is -0.852. The van der Waals surface area contributed by atoms with Crippen molar-refractivity contribution in [2.45, 2.75) is 47.5 Å². The zero-order chi connectivity index (χ0) is 13.8. The van der Waals surface area contributed by atoms with Crippen LogP contribution in [0.2, 0.25) is 0 Å². The summed E-state index contributed by atoms with van der Waals surface area (Å²) in [6.07, 6.45) is 8.69. The molecule has 0 saturated heterocycles. The lowest BCUT2D eigenvalue weighted by atomic mass is 10.1. The summed E-state index contributed by atoms with van der Waals surface area (Å²) in [5, 5.41) is 0. The van der Waals surface area contributed by atoms with E-state index in [1.54, 1.807) is 0 Å². The van der Waals surface area contributed by atoms with Crippen molar-refractivity contribution < 1.29 is 9.05 Å². The first-order chi connectivity index (χ1) is 8.60. The van der Waals surface area contributed by atoms with Crippen molar-refractivity contribution in [3.05, 3.63) is 35.2 Å². The van der Waals surface area contributed by atoms with E-state index in [0.29, 0.717) is 13.2 Å². The minimum absolute atomic E-state index is 0.694. The average Bonchev–Trinajstić information content (AvgIpc) is 2.29. The molecule has 0 rings (SSSR count). The normalized spacial score (nSPS) is 12.4. The molecule has 0 heterocycles. The van der Waals surface area contributed by atoms with Gasteiger partial charge in [0.25, 0.3) is 0 Å². The maximum Gasteiger partial charge on any atom is 0.197 e. The number of rotatable bonds is 9. The maximum absolute atomic E-state index is 5.49. The van der Waals surface area contributed by atoms with Gasteiger partial charge < -0.3 is 9.05 Å². The SMILES string of the molecule is CCOP(/C=C/C=C(\C)CCC=C(C)C)OCC. The highest BCUT2D eigenvalue weighted by molar-refractivity contribution is 7.50. The van der Waals surface area contributed by atoms with E-state index < -0.39 is 8.38 Å². The Bertz CT molecular complexity index is 283. The largest absolute Gasteiger partial charge is 0.331 e. The molecule has 0 aliphatic heterocycles. The average molecular weight is 270 g/mol. The van der Waals surface area contributed by atoms with E-state index in [9.17, 15) is 0 Å². The Balaban J connectivity index is 4.11. The lowest BCUT2D eigenvalue weighted by Crippen LogP contribution is -1.87. The van der Waals surface area contributed by atoms with E-state index in [2.05, 4.69) is 39.0 Å². The predicted molar refractivity (Wildman–Crippen MR) is 81.7 cm³/mol. The lowest BCUT2D eigenvalue weighted by Gasteiger charge is -2.10. The van der Waals surface area contributed by atoms with Crippen LogP contribution in [0.3, 0.4) is 0 Å². The van der Waals surface area contributed by atoms with Crippen LogP contribution in [0.1, 0.15) is 47.5 Å². The van der Waals surface area contributed by atoms with Gasteiger partial charge in [0.1, 0.15) is 0 Å². The van der Waals surface area contributed by atoms with Gasteiger partial charge in [0.2, 0.25) is 0 Å². The zero-order valence-electron chi connectivity index (χ0n) is 12.4. The summed E-state index contributed by atoms with van der Waals surface area (Å²) < 4.78 is 11.0. The fourth-order valence-corrected chi connectivity index (χ4v) is 2.31. The van der Waals surface area contributed by atoms with Crippen molar-refractivity contribution in [1.29, 1.82) is 0 Å². The van der Waals surface area contributed by atoms with E-state index in [4.69, 9.17) is 9.05 Å². The van der Waals surface area contributed by atoms with Gasteiger partial charge in [0, 0.05) is 0 Å². The van der Waals surface area contributed by atoms with Crippen molar-refractivity contribution in [3.8, 4) is 0 Å². The smallest absolute Gasteiger partial charge is 0.197 e. The zero-order valence-corrected chi connectivity index (χ0v) is 13.3. The van der Waals surface area contributed by atoms with Gasteiger partial charge in [-0.05, 0) is 53.3 Å². The third-order valence-electron chi connectivity index (χ3n) is 2.19. The summed E-state index contributed by atoms with van der Waals surface area (Å²) >= 11 is 0. The Labute approximate surface area is 114 Å². The molecule has 0 saturated carbocycles. The molecule has 0 aliphatic carbocycles. The molecule has 0 N–H and O–H groups in total. The molecule has 0 aliphatic rings. The first kappa shape index (κ1) is 17.6. The van der Waals surface area contributed by atoms with Gasteiger partial charge >= 0.3 is 0 Å². The van der Waals surface area contributed by atoms with Gasteiger partial charge in [-0.1, -0.05) is 29.4 Å². The van der Waals surface area contributed by atoms with Crippen LogP contribution in [0, 0.1) is 0 Å². The van der Waals surface area contributed by atoms with Crippen molar-refractivity contribution in [1.82, 2.24) is 0 Å². The van der Waals surface area contributed by atoms with Crippen LogP contribution in [0.15, 0.2) is 35.2 Å². The van der Waals surface area contributed by atoms with Crippen LogP contribution < -0.4 is 0 Å². The summed E-state index contributed by atoms with van der Waals surface area (Å²) in [5.41, 5.74) is 2.77. The Morgan fingerprint density at radius 3 is 2.17 bits per heavy atom. The molecule has 0 bridgehead atoms. The van der Waals surface area contributed by atoms with E-state index in [0.717, 1.165) is 12.8 Å². The van der Waals surface area contributed by atoms with Crippen LogP contribution in [0.4, 0.5) is 0 Å². The molecule has 2 nitrogen and oxygen atoms in total. The van der Waals surface area contributed by atoms with Crippen molar-refractivity contribution in [3.63, 3.8) is 0 Å². The van der Waals surface area contributed by atoms with Crippen LogP contribution in [0.25, 0.3) is 0 Å². The highest BCUT2D eigenvalue weighted by Crippen LogP contribution is 2.39. The van der Waals surface area contributed by atoms with Crippen molar-refractivity contribution in [2.24, 2.45) is 0 Å². The van der Waals surface area contributed by atoms with Crippen LogP contribution >= 0.6 is 8.38 Å². The number of hydrogen-bond donors (Lipinski definition) is 0. The van der Waals surface area contributed by atoms with Gasteiger partial charge in [0.05, 0.1) is 13.2 Å². The van der Waals surface area contributed by atoms with Crippen molar-refractivity contribution >= 4 is 8.38 Å². The Morgan fingerprint density at radius 1 is 1.06 bits per heavy atom.